The molecular weight excluding hydrogens is 340 g/mol. The van der Waals surface area contributed by atoms with Crippen LogP contribution in [0.1, 0.15) is 42.4 Å². The first kappa shape index (κ1) is 18.7. The second kappa shape index (κ2) is 7.27. The lowest BCUT2D eigenvalue weighted by Gasteiger charge is -2.24. The molecule has 0 aliphatic carbocycles. The van der Waals surface area contributed by atoms with Crippen LogP contribution in [-0.2, 0) is 14.9 Å². The second-order valence-electron chi connectivity index (χ2n) is 7.05. The van der Waals surface area contributed by atoms with E-state index in [0.717, 1.165) is 22.2 Å². The molecule has 0 fully saturated rings. The summed E-state index contributed by atoms with van der Waals surface area (Å²) in [7, 11) is 0. The van der Waals surface area contributed by atoms with Gasteiger partial charge in [0.05, 0.1) is 17.6 Å². The molecule has 5 heteroatoms. The van der Waals surface area contributed by atoms with Gasteiger partial charge in [0.2, 0.25) is 5.91 Å². The minimum Gasteiger partial charge on any atom is -0.462 e. The Balaban J connectivity index is 1.84. The van der Waals surface area contributed by atoms with Gasteiger partial charge >= 0.3 is 5.97 Å². The monoisotopic (exact) mass is 364 g/mol. The van der Waals surface area contributed by atoms with Crippen LogP contribution >= 0.6 is 0 Å². The number of carbonyl (C=O) groups is 2. The summed E-state index contributed by atoms with van der Waals surface area (Å²) in [4.78, 5) is 28.1. The number of benzene rings is 2. The summed E-state index contributed by atoms with van der Waals surface area (Å²) in [5.74, 6) is -0.482. The molecule has 5 nitrogen and oxygen atoms in total. The van der Waals surface area contributed by atoms with E-state index in [9.17, 15) is 9.59 Å². The first-order chi connectivity index (χ1) is 12.8. The summed E-state index contributed by atoms with van der Waals surface area (Å²) in [6, 6.07) is 14.7. The molecule has 3 aromatic rings. The van der Waals surface area contributed by atoms with E-state index < -0.39 is 5.41 Å². The largest absolute Gasteiger partial charge is 0.462 e. The Hall–Kier alpha value is -3.08. The van der Waals surface area contributed by atoms with E-state index in [1.165, 1.54) is 0 Å². The van der Waals surface area contributed by atoms with Crippen molar-refractivity contribution < 1.29 is 14.3 Å². The zero-order chi connectivity index (χ0) is 19.6. The van der Waals surface area contributed by atoms with Gasteiger partial charge in [-0.2, -0.15) is 0 Å². The number of nitrogens with one attached hydrogen (secondary N) is 2. The molecule has 0 spiro atoms. The van der Waals surface area contributed by atoms with Gasteiger partial charge in [0.25, 0.3) is 0 Å². The van der Waals surface area contributed by atoms with Crippen molar-refractivity contribution in [1.82, 2.24) is 4.98 Å². The Kier molecular flexibility index (Phi) is 5.04. The fourth-order valence-electron chi connectivity index (χ4n) is 3.39. The molecule has 1 amide bonds. The molecule has 27 heavy (non-hydrogen) atoms. The number of anilines is 1. The number of ether oxygens (including phenoxy) is 1. The highest BCUT2D eigenvalue weighted by Crippen LogP contribution is 2.34. The Labute approximate surface area is 158 Å². The van der Waals surface area contributed by atoms with Crippen LogP contribution in [0, 0.1) is 6.92 Å². The van der Waals surface area contributed by atoms with Crippen LogP contribution in [0.2, 0.25) is 0 Å². The fraction of sp³-hybridized carbons (Fsp3) is 0.273. The summed E-state index contributed by atoms with van der Waals surface area (Å²) >= 11 is 0. The zero-order valence-electron chi connectivity index (χ0n) is 16.1. The van der Waals surface area contributed by atoms with E-state index in [4.69, 9.17) is 4.74 Å². The molecule has 0 radical (unpaired) electrons. The predicted octanol–water partition coefficient (Wildman–Crippen LogP) is 4.57. The van der Waals surface area contributed by atoms with Gasteiger partial charge in [0.15, 0.2) is 0 Å². The summed E-state index contributed by atoms with van der Waals surface area (Å²) in [6.45, 7) is 7.91. The number of carbonyl (C=O) groups excluding carboxylic acids is 2. The van der Waals surface area contributed by atoms with E-state index in [2.05, 4.69) is 10.3 Å². The van der Waals surface area contributed by atoms with Crippen molar-refractivity contribution in [2.24, 2.45) is 0 Å². The number of esters is 1. The van der Waals surface area contributed by atoms with Crippen molar-refractivity contribution in [3.05, 3.63) is 65.4 Å². The van der Waals surface area contributed by atoms with Crippen molar-refractivity contribution in [3.8, 4) is 0 Å². The van der Waals surface area contributed by atoms with Crippen LogP contribution in [0.3, 0.4) is 0 Å². The molecule has 0 saturated carbocycles. The first-order valence-corrected chi connectivity index (χ1v) is 9.01. The van der Waals surface area contributed by atoms with E-state index in [1.807, 2.05) is 45.0 Å². The first-order valence-electron chi connectivity index (χ1n) is 9.01. The Morgan fingerprint density at radius 1 is 1.07 bits per heavy atom. The number of fused-ring (bicyclic) bond motifs is 1. The van der Waals surface area contributed by atoms with E-state index in [-0.39, 0.29) is 11.9 Å². The maximum absolute atomic E-state index is 13.0. The van der Waals surface area contributed by atoms with Crippen LogP contribution in [0.25, 0.3) is 10.9 Å². The lowest BCUT2D eigenvalue weighted by molar-refractivity contribution is -0.120. The molecule has 2 N–H and O–H groups in total. The van der Waals surface area contributed by atoms with Crippen LogP contribution in [0.5, 0.6) is 0 Å². The normalized spacial score (nSPS) is 11.4. The number of rotatable bonds is 5. The van der Waals surface area contributed by atoms with Gasteiger partial charge in [-0.25, -0.2) is 4.79 Å². The van der Waals surface area contributed by atoms with Crippen molar-refractivity contribution in [1.29, 1.82) is 0 Å². The van der Waals surface area contributed by atoms with Gasteiger partial charge in [0.1, 0.15) is 0 Å². The number of amides is 1. The van der Waals surface area contributed by atoms with Crippen LogP contribution < -0.4 is 5.32 Å². The second-order valence-corrected chi connectivity index (χ2v) is 7.05. The number of aromatic nitrogens is 1. The Bertz CT molecular complexity index is 984. The highest BCUT2D eigenvalue weighted by Gasteiger charge is 2.34. The molecule has 3 rings (SSSR count). The maximum Gasteiger partial charge on any atom is 0.338 e. The molecule has 1 heterocycles. The quantitative estimate of drug-likeness (QED) is 0.652. The van der Waals surface area contributed by atoms with Gasteiger partial charge in [-0.15, -0.1) is 0 Å². The summed E-state index contributed by atoms with van der Waals surface area (Å²) in [5, 5.41) is 4.00. The summed E-state index contributed by atoms with van der Waals surface area (Å²) in [6.07, 6.45) is 0. The number of para-hydroxylation sites is 1. The van der Waals surface area contributed by atoms with Crippen molar-refractivity contribution >= 4 is 28.5 Å². The Morgan fingerprint density at radius 2 is 1.74 bits per heavy atom. The molecule has 2 aromatic carbocycles. The molecule has 0 aliphatic heterocycles. The molecule has 0 atom stereocenters. The number of hydrogen-bond acceptors (Lipinski definition) is 3. The zero-order valence-corrected chi connectivity index (χ0v) is 16.1. The smallest absolute Gasteiger partial charge is 0.338 e. The average molecular weight is 364 g/mol. The van der Waals surface area contributed by atoms with Gasteiger partial charge in [-0.05, 0) is 63.6 Å². The van der Waals surface area contributed by atoms with E-state index >= 15 is 0 Å². The van der Waals surface area contributed by atoms with Crippen molar-refractivity contribution in [3.63, 3.8) is 0 Å². The number of hydrogen-bond donors (Lipinski definition) is 2. The topological polar surface area (TPSA) is 71.2 Å². The molecule has 0 aliphatic rings. The molecule has 140 valence electrons. The summed E-state index contributed by atoms with van der Waals surface area (Å²) in [5.41, 5.74) is 3.35. The molecule has 0 unspecified atom stereocenters. The predicted molar refractivity (Wildman–Crippen MR) is 107 cm³/mol. The molecule has 0 bridgehead atoms. The SMILES string of the molecule is CCOC(=O)c1ccc(NC(=O)C(C)(C)c2c(C)[nH]c3ccccc23)cc1. The minimum absolute atomic E-state index is 0.112. The van der Waals surface area contributed by atoms with Gasteiger partial charge in [-0.3, -0.25) is 4.79 Å². The Morgan fingerprint density at radius 3 is 2.41 bits per heavy atom. The van der Waals surface area contributed by atoms with Gasteiger partial charge in [0, 0.05) is 22.3 Å². The van der Waals surface area contributed by atoms with Crippen LogP contribution in [0.15, 0.2) is 48.5 Å². The van der Waals surface area contributed by atoms with Gasteiger partial charge in [-0.1, -0.05) is 18.2 Å². The fourth-order valence-corrected chi connectivity index (χ4v) is 3.39. The minimum atomic E-state index is -0.733. The third kappa shape index (κ3) is 3.58. The van der Waals surface area contributed by atoms with Crippen molar-refractivity contribution in [2.75, 3.05) is 11.9 Å². The van der Waals surface area contributed by atoms with E-state index in [0.29, 0.717) is 17.9 Å². The third-order valence-electron chi connectivity index (χ3n) is 4.74. The van der Waals surface area contributed by atoms with Gasteiger partial charge < -0.3 is 15.0 Å². The highest BCUT2D eigenvalue weighted by atomic mass is 16.5. The lowest BCUT2D eigenvalue weighted by Crippen LogP contribution is -2.35. The average Bonchev–Trinajstić information content (AvgIpc) is 2.98. The summed E-state index contributed by atoms with van der Waals surface area (Å²) < 4.78 is 4.98. The van der Waals surface area contributed by atoms with Crippen LogP contribution in [0.4, 0.5) is 5.69 Å². The lowest BCUT2D eigenvalue weighted by atomic mass is 9.81. The number of aryl methyl sites for hydroxylation is 1. The molecule has 1 aromatic heterocycles. The number of aromatic amines is 1. The van der Waals surface area contributed by atoms with E-state index in [1.54, 1.807) is 31.2 Å². The molecule has 0 saturated heterocycles. The molecular formula is C22H24N2O3. The number of H-pyrrole nitrogens is 1. The highest BCUT2D eigenvalue weighted by molar-refractivity contribution is 6.02. The van der Waals surface area contributed by atoms with Crippen LogP contribution in [-0.4, -0.2) is 23.5 Å². The maximum atomic E-state index is 13.0. The van der Waals surface area contributed by atoms with Crippen molar-refractivity contribution in [2.45, 2.75) is 33.1 Å². The third-order valence-corrected chi connectivity index (χ3v) is 4.74. The standard InChI is InChI=1S/C22H24N2O3/c1-5-27-20(25)15-10-12-16(13-11-15)24-21(26)22(3,4)19-14(2)23-18-9-7-6-8-17(18)19/h6-13,23H,5H2,1-4H3,(H,24,26).